The molecule has 2 aromatic heterocycles. The van der Waals surface area contributed by atoms with Gasteiger partial charge in [-0.25, -0.2) is 4.98 Å². The number of hydrogen-bond donors (Lipinski definition) is 1. The Hall–Kier alpha value is -1.94. The van der Waals surface area contributed by atoms with Gasteiger partial charge in [0.1, 0.15) is 10.7 Å². The first-order valence-corrected chi connectivity index (χ1v) is 7.89. The van der Waals surface area contributed by atoms with Crippen molar-refractivity contribution in [2.45, 2.75) is 33.6 Å². The van der Waals surface area contributed by atoms with Crippen molar-refractivity contribution < 1.29 is 0 Å². The largest absolute Gasteiger partial charge is 0.306 e. The van der Waals surface area contributed by atoms with Crippen molar-refractivity contribution >= 4 is 21.6 Å². The first kappa shape index (κ1) is 14.0. The summed E-state index contributed by atoms with van der Waals surface area (Å²) in [5.74, 6) is 1.14. The standard InChI is InChI=1S/C17H18N2OS/c1-9(2)12-5-7-13(8-6-12)15-18-16(20)14-10(3)11(4)21-17(14)19-15/h5-9H,1-4H3,(H,18,19,20). The smallest absolute Gasteiger partial charge is 0.260 e. The van der Waals surface area contributed by atoms with Crippen LogP contribution in [-0.2, 0) is 0 Å². The number of nitrogens with one attached hydrogen (secondary N) is 1. The number of thiophene rings is 1. The van der Waals surface area contributed by atoms with Gasteiger partial charge < -0.3 is 4.98 Å². The minimum absolute atomic E-state index is 0.0511. The molecular formula is C17H18N2OS. The molecular weight excluding hydrogens is 280 g/mol. The average Bonchev–Trinajstić information content (AvgIpc) is 2.74. The van der Waals surface area contributed by atoms with Crippen LogP contribution in [0.25, 0.3) is 21.6 Å². The van der Waals surface area contributed by atoms with Crippen molar-refractivity contribution in [3.63, 3.8) is 0 Å². The maximum Gasteiger partial charge on any atom is 0.260 e. The Morgan fingerprint density at radius 3 is 2.43 bits per heavy atom. The fraction of sp³-hybridized carbons (Fsp3) is 0.294. The predicted molar refractivity (Wildman–Crippen MR) is 89.2 cm³/mol. The summed E-state index contributed by atoms with van der Waals surface area (Å²) in [6.07, 6.45) is 0. The van der Waals surface area contributed by atoms with Crippen molar-refractivity contribution in [3.05, 3.63) is 50.6 Å². The van der Waals surface area contributed by atoms with Gasteiger partial charge in [-0.2, -0.15) is 0 Å². The van der Waals surface area contributed by atoms with Gasteiger partial charge in [-0.1, -0.05) is 38.1 Å². The number of hydrogen-bond acceptors (Lipinski definition) is 3. The molecule has 0 bridgehead atoms. The molecule has 0 aliphatic heterocycles. The molecule has 0 fully saturated rings. The minimum Gasteiger partial charge on any atom is -0.306 e. The van der Waals surface area contributed by atoms with Gasteiger partial charge in [-0.3, -0.25) is 4.79 Å². The van der Waals surface area contributed by atoms with Gasteiger partial charge in [0, 0.05) is 10.4 Å². The Morgan fingerprint density at radius 2 is 1.81 bits per heavy atom. The third-order valence-electron chi connectivity index (χ3n) is 3.89. The molecule has 0 aliphatic carbocycles. The van der Waals surface area contributed by atoms with Gasteiger partial charge in [-0.15, -0.1) is 11.3 Å². The quantitative estimate of drug-likeness (QED) is 0.762. The molecule has 2 heterocycles. The van der Waals surface area contributed by atoms with Crippen molar-refractivity contribution in [1.29, 1.82) is 0 Å². The Bertz CT molecular complexity index is 857. The fourth-order valence-electron chi connectivity index (χ4n) is 2.42. The highest BCUT2D eigenvalue weighted by atomic mass is 32.1. The molecule has 21 heavy (non-hydrogen) atoms. The molecule has 1 N–H and O–H groups in total. The molecule has 0 spiro atoms. The van der Waals surface area contributed by atoms with E-state index in [0.29, 0.717) is 11.7 Å². The van der Waals surface area contributed by atoms with Crippen LogP contribution in [0.3, 0.4) is 0 Å². The number of aromatic amines is 1. The van der Waals surface area contributed by atoms with E-state index >= 15 is 0 Å². The molecule has 0 saturated heterocycles. The second-order valence-corrected chi connectivity index (χ2v) is 6.86. The molecule has 0 radical (unpaired) electrons. The maximum atomic E-state index is 12.3. The summed E-state index contributed by atoms with van der Waals surface area (Å²) in [4.78, 5) is 21.8. The van der Waals surface area contributed by atoms with E-state index < -0.39 is 0 Å². The summed E-state index contributed by atoms with van der Waals surface area (Å²) in [5.41, 5.74) is 3.21. The summed E-state index contributed by atoms with van der Waals surface area (Å²) in [5, 5.41) is 0.722. The van der Waals surface area contributed by atoms with Crippen LogP contribution in [0.1, 0.15) is 35.8 Å². The van der Waals surface area contributed by atoms with Crippen LogP contribution in [0, 0.1) is 13.8 Å². The van der Waals surface area contributed by atoms with E-state index in [-0.39, 0.29) is 5.56 Å². The molecule has 0 unspecified atom stereocenters. The lowest BCUT2D eigenvalue weighted by Crippen LogP contribution is -2.09. The number of benzene rings is 1. The van der Waals surface area contributed by atoms with Crippen molar-refractivity contribution in [3.8, 4) is 11.4 Å². The van der Waals surface area contributed by atoms with Gasteiger partial charge >= 0.3 is 0 Å². The molecule has 0 atom stereocenters. The highest BCUT2D eigenvalue weighted by Gasteiger charge is 2.12. The number of aromatic nitrogens is 2. The van der Waals surface area contributed by atoms with E-state index in [1.54, 1.807) is 11.3 Å². The highest BCUT2D eigenvalue weighted by Crippen LogP contribution is 2.27. The van der Waals surface area contributed by atoms with Crippen molar-refractivity contribution in [2.24, 2.45) is 0 Å². The summed E-state index contributed by atoms with van der Waals surface area (Å²) in [6, 6.07) is 8.23. The van der Waals surface area contributed by atoms with Crippen LogP contribution in [0.2, 0.25) is 0 Å². The maximum absolute atomic E-state index is 12.3. The molecule has 4 heteroatoms. The highest BCUT2D eigenvalue weighted by molar-refractivity contribution is 7.18. The normalized spacial score (nSPS) is 11.5. The topological polar surface area (TPSA) is 45.8 Å². The second kappa shape index (κ2) is 5.11. The van der Waals surface area contributed by atoms with E-state index in [2.05, 4.69) is 35.9 Å². The number of aryl methyl sites for hydroxylation is 2. The van der Waals surface area contributed by atoms with E-state index in [9.17, 15) is 4.79 Å². The Kier molecular flexibility index (Phi) is 3.41. The number of fused-ring (bicyclic) bond motifs is 1. The SMILES string of the molecule is Cc1sc2nc(-c3ccc(C(C)C)cc3)[nH]c(=O)c2c1C. The monoisotopic (exact) mass is 298 g/mol. The number of rotatable bonds is 2. The molecule has 0 aliphatic rings. The van der Waals surface area contributed by atoms with Crippen LogP contribution in [0.4, 0.5) is 0 Å². The zero-order valence-corrected chi connectivity index (χ0v) is 13.5. The van der Waals surface area contributed by atoms with E-state index in [1.807, 2.05) is 26.0 Å². The van der Waals surface area contributed by atoms with Crippen LogP contribution in [0.15, 0.2) is 29.1 Å². The molecule has 1 aromatic carbocycles. The van der Waals surface area contributed by atoms with Crippen LogP contribution < -0.4 is 5.56 Å². The molecule has 108 valence electrons. The van der Waals surface area contributed by atoms with Gasteiger partial charge in [0.05, 0.1) is 5.39 Å². The average molecular weight is 298 g/mol. The summed E-state index contributed by atoms with van der Waals surface area (Å²) in [6.45, 7) is 8.33. The third-order valence-corrected chi connectivity index (χ3v) is 4.99. The Balaban J connectivity index is 2.15. The lowest BCUT2D eigenvalue weighted by Gasteiger charge is -2.06. The predicted octanol–water partition coefficient (Wildman–Crippen LogP) is 4.39. The van der Waals surface area contributed by atoms with Gasteiger partial charge in [-0.05, 0) is 30.9 Å². The minimum atomic E-state index is -0.0511. The number of H-pyrrole nitrogens is 1. The van der Waals surface area contributed by atoms with Gasteiger partial charge in [0.15, 0.2) is 0 Å². The van der Waals surface area contributed by atoms with E-state index in [4.69, 9.17) is 0 Å². The van der Waals surface area contributed by atoms with Crippen molar-refractivity contribution in [1.82, 2.24) is 9.97 Å². The first-order valence-electron chi connectivity index (χ1n) is 7.07. The summed E-state index contributed by atoms with van der Waals surface area (Å²) in [7, 11) is 0. The molecule has 0 amide bonds. The van der Waals surface area contributed by atoms with E-state index in [0.717, 1.165) is 26.2 Å². The Labute approximate surface area is 127 Å². The van der Waals surface area contributed by atoms with Crippen LogP contribution in [-0.4, -0.2) is 9.97 Å². The second-order valence-electron chi connectivity index (χ2n) is 5.65. The van der Waals surface area contributed by atoms with E-state index in [1.165, 1.54) is 5.56 Å². The first-order chi connectivity index (χ1) is 9.97. The van der Waals surface area contributed by atoms with Crippen LogP contribution >= 0.6 is 11.3 Å². The summed E-state index contributed by atoms with van der Waals surface area (Å²) >= 11 is 1.58. The molecule has 3 nitrogen and oxygen atoms in total. The van der Waals surface area contributed by atoms with Crippen molar-refractivity contribution in [2.75, 3.05) is 0 Å². The molecule has 3 rings (SSSR count). The Morgan fingerprint density at radius 1 is 1.14 bits per heavy atom. The van der Waals surface area contributed by atoms with Gasteiger partial charge in [0.25, 0.3) is 5.56 Å². The van der Waals surface area contributed by atoms with Gasteiger partial charge in [0.2, 0.25) is 0 Å². The summed E-state index contributed by atoms with van der Waals surface area (Å²) < 4.78 is 0. The lowest BCUT2D eigenvalue weighted by atomic mass is 10.0. The lowest BCUT2D eigenvalue weighted by molar-refractivity contribution is 0.867. The fourth-order valence-corrected chi connectivity index (χ4v) is 3.45. The zero-order valence-electron chi connectivity index (χ0n) is 12.7. The molecule has 3 aromatic rings. The molecule has 0 saturated carbocycles. The van der Waals surface area contributed by atoms with Crippen LogP contribution in [0.5, 0.6) is 0 Å². The third kappa shape index (κ3) is 2.40. The number of nitrogens with zero attached hydrogens (tertiary/aromatic N) is 1. The zero-order chi connectivity index (χ0) is 15.1.